The molecule has 0 radical (unpaired) electrons. The number of hydrogen-bond donors (Lipinski definition) is 0. The van der Waals surface area contributed by atoms with Crippen molar-refractivity contribution >= 4 is 21.6 Å². The van der Waals surface area contributed by atoms with Crippen LogP contribution in [0.25, 0.3) is 15.9 Å². The van der Waals surface area contributed by atoms with Gasteiger partial charge in [-0.3, -0.25) is 9.36 Å². The van der Waals surface area contributed by atoms with Crippen LogP contribution in [0.4, 0.5) is 4.39 Å². The highest BCUT2D eigenvalue weighted by Crippen LogP contribution is 2.33. The van der Waals surface area contributed by atoms with Gasteiger partial charge in [0.1, 0.15) is 10.6 Å². The second kappa shape index (κ2) is 7.34. The molecule has 0 saturated heterocycles. The lowest BCUT2D eigenvalue weighted by molar-refractivity contribution is 0.318. The molecule has 30 heavy (non-hydrogen) atoms. The SMILES string of the molecule is CN1CCc2c(sc3c2c(=O)n(-c2ccccc2)c(=O)n3Cc2ccc(F)cc2)C1. The van der Waals surface area contributed by atoms with Gasteiger partial charge in [-0.15, -0.1) is 11.3 Å². The Hall–Kier alpha value is -3.03. The van der Waals surface area contributed by atoms with Gasteiger partial charge in [0.2, 0.25) is 0 Å². The summed E-state index contributed by atoms with van der Waals surface area (Å²) in [6.45, 7) is 1.92. The van der Waals surface area contributed by atoms with Crippen LogP contribution in [0, 0.1) is 5.82 Å². The molecule has 7 heteroatoms. The maximum atomic E-state index is 13.5. The van der Waals surface area contributed by atoms with Gasteiger partial charge in [-0.05, 0) is 48.9 Å². The summed E-state index contributed by atoms with van der Waals surface area (Å²) in [5.74, 6) is -0.319. The van der Waals surface area contributed by atoms with Gasteiger partial charge in [-0.1, -0.05) is 30.3 Å². The Kier molecular flexibility index (Phi) is 4.64. The second-order valence-corrected chi connectivity index (χ2v) is 8.73. The van der Waals surface area contributed by atoms with Crippen LogP contribution in [0.3, 0.4) is 0 Å². The fourth-order valence-electron chi connectivity index (χ4n) is 4.05. The van der Waals surface area contributed by atoms with E-state index < -0.39 is 0 Å². The Bertz CT molecular complexity index is 1350. The Morgan fingerprint density at radius 2 is 1.77 bits per heavy atom. The third kappa shape index (κ3) is 3.11. The summed E-state index contributed by atoms with van der Waals surface area (Å²) in [4.78, 5) is 31.1. The molecule has 4 aromatic rings. The third-order valence-electron chi connectivity index (χ3n) is 5.58. The summed E-state index contributed by atoms with van der Waals surface area (Å²) in [5, 5.41) is 0.633. The first-order valence-corrected chi connectivity index (χ1v) is 10.6. The molecule has 5 rings (SSSR count). The molecule has 1 aliphatic rings. The monoisotopic (exact) mass is 421 g/mol. The van der Waals surface area contributed by atoms with Crippen LogP contribution >= 0.6 is 11.3 Å². The first-order chi connectivity index (χ1) is 14.5. The number of thiophene rings is 1. The zero-order valence-electron chi connectivity index (χ0n) is 16.5. The minimum Gasteiger partial charge on any atom is -0.301 e. The molecule has 0 saturated carbocycles. The lowest BCUT2D eigenvalue weighted by atomic mass is 10.1. The van der Waals surface area contributed by atoms with Gasteiger partial charge in [0, 0.05) is 18.0 Å². The highest BCUT2D eigenvalue weighted by atomic mass is 32.1. The number of fused-ring (bicyclic) bond motifs is 3. The smallest absolute Gasteiger partial charge is 0.301 e. The maximum Gasteiger partial charge on any atom is 0.337 e. The van der Waals surface area contributed by atoms with Gasteiger partial charge in [-0.2, -0.15) is 0 Å². The van der Waals surface area contributed by atoms with Crippen LogP contribution in [0.15, 0.2) is 64.2 Å². The van der Waals surface area contributed by atoms with Crippen LogP contribution < -0.4 is 11.2 Å². The summed E-state index contributed by atoms with van der Waals surface area (Å²) < 4.78 is 16.3. The van der Waals surface area contributed by atoms with E-state index in [9.17, 15) is 14.0 Å². The van der Waals surface area contributed by atoms with E-state index in [1.54, 1.807) is 28.8 Å². The van der Waals surface area contributed by atoms with Crippen molar-refractivity contribution in [3.8, 4) is 5.69 Å². The molecule has 0 fully saturated rings. The quantitative estimate of drug-likeness (QED) is 0.510. The zero-order valence-corrected chi connectivity index (χ0v) is 17.3. The molecular formula is C23H20FN3O2S. The van der Waals surface area contributed by atoms with Gasteiger partial charge in [0.25, 0.3) is 5.56 Å². The molecule has 3 heterocycles. The van der Waals surface area contributed by atoms with Gasteiger partial charge >= 0.3 is 5.69 Å². The fourth-order valence-corrected chi connectivity index (χ4v) is 5.46. The molecule has 0 N–H and O–H groups in total. The van der Waals surface area contributed by atoms with E-state index in [1.807, 2.05) is 18.2 Å². The topological polar surface area (TPSA) is 47.2 Å². The van der Waals surface area contributed by atoms with Gasteiger partial charge in [0.15, 0.2) is 0 Å². The maximum absolute atomic E-state index is 13.5. The van der Waals surface area contributed by atoms with E-state index in [0.717, 1.165) is 35.5 Å². The van der Waals surface area contributed by atoms with Crippen molar-refractivity contribution in [2.24, 2.45) is 0 Å². The van der Waals surface area contributed by atoms with Crippen LogP contribution in [0.1, 0.15) is 16.0 Å². The van der Waals surface area contributed by atoms with Gasteiger partial charge < -0.3 is 4.90 Å². The molecule has 152 valence electrons. The van der Waals surface area contributed by atoms with E-state index >= 15 is 0 Å². The highest BCUT2D eigenvalue weighted by molar-refractivity contribution is 7.18. The normalized spacial score (nSPS) is 14.2. The van der Waals surface area contributed by atoms with E-state index in [2.05, 4.69) is 11.9 Å². The van der Waals surface area contributed by atoms with Gasteiger partial charge in [0.05, 0.1) is 17.6 Å². The molecule has 0 atom stereocenters. The molecule has 2 aromatic carbocycles. The summed E-state index contributed by atoms with van der Waals surface area (Å²) in [6, 6.07) is 15.1. The minimum absolute atomic E-state index is 0.265. The third-order valence-corrected chi connectivity index (χ3v) is 6.82. The molecule has 0 aliphatic carbocycles. The molecule has 2 aromatic heterocycles. The number of halogens is 1. The zero-order chi connectivity index (χ0) is 20.8. The molecule has 0 spiro atoms. The van der Waals surface area contributed by atoms with E-state index in [0.29, 0.717) is 15.9 Å². The molecule has 5 nitrogen and oxygen atoms in total. The van der Waals surface area contributed by atoms with Crippen molar-refractivity contribution in [2.45, 2.75) is 19.5 Å². The van der Waals surface area contributed by atoms with Crippen molar-refractivity contribution in [1.29, 1.82) is 0 Å². The number of rotatable bonds is 3. The predicted molar refractivity (Wildman–Crippen MR) is 117 cm³/mol. The van der Waals surface area contributed by atoms with Crippen LogP contribution in [-0.2, 0) is 19.5 Å². The van der Waals surface area contributed by atoms with Gasteiger partial charge in [-0.25, -0.2) is 13.8 Å². The van der Waals surface area contributed by atoms with Crippen molar-refractivity contribution in [3.05, 3.63) is 97.3 Å². The second-order valence-electron chi connectivity index (χ2n) is 7.64. The Balaban J connectivity index is 1.82. The average Bonchev–Trinajstić information content (AvgIpc) is 3.12. The highest BCUT2D eigenvalue weighted by Gasteiger charge is 2.25. The number of aromatic nitrogens is 2. The summed E-state index contributed by atoms with van der Waals surface area (Å²) in [6.07, 6.45) is 0.782. The summed E-state index contributed by atoms with van der Waals surface area (Å²) in [7, 11) is 2.06. The van der Waals surface area contributed by atoms with E-state index in [4.69, 9.17) is 0 Å². The number of hydrogen-bond acceptors (Lipinski definition) is 4. The van der Waals surface area contributed by atoms with Crippen molar-refractivity contribution in [2.75, 3.05) is 13.6 Å². The number of likely N-dealkylation sites (N-methyl/N-ethyl adjacent to an activating group) is 1. The van der Waals surface area contributed by atoms with Crippen LogP contribution in [0.2, 0.25) is 0 Å². The lowest BCUT2D eigenvalue weighted by Gasteiger charge is -2.21. The standard InChI is InChI=1S/C23H20FN3O2S/c1-25-12-11-18-19(14-25)30-22-20(18)21(28)27(17-5-3-2-4-6-17)23(29)26(22)13-15-7-9-16(24)10-8-15/h2-10H,11-14H2,1H3. The van der Waals surface area contributed by atoms with Crippen LogP contribution in [-0.4, -0.2) is 27.6 Å². The number of para-hydroxylation sites is 1. The summed E-state index contributed by atoms with van der Waals surface area (Å²) in [5.41, 5.74) is 1.76. The molecule has 0 amide bonds. The van der Waals surface area contributed by atoms with E-state index in [1.165, 1.54) is 28.0 Å². The minimum atomic E-state index is -0.380. The van der Waals surface area contributed by atoms with Crippen LogP contribution in [0.5, 0.6) is 0 Å². The molecule has 0 bridgehead atoms. The number of benzene rings is 2. The Morgan fingerprint density at radius 3 is 2.50 bits per heavy atom. The molecule has 0 unspecified atom stereocenters. The Morgan fingerprint density at radius 1 is 1.03 bits per heavy atom. The summed E-state index contributed by atoms with van der Waals surface area (Å²) >= 11 is 1.52. The molecular weight excluding hydrogens is 401 g/mol. The van der Waals surface area contributed by atoms with Crippen molar-refractivity contribution < 1.29 is 4.39 Å². The first kappa shape index (κ1) is 19.0. The predicted octanol–water partition coefficient (Wildman–Crippen LogP) is 3.39. The van der Waals surface area contributed by atoms with Crippen molar-refractivity contribution in [3.63, 3.8) is 0 Å². The first-order valence-electron chi connectivity index (χ1n) is 9.81. The Labute approximate surface area is 176 Å². The van der Waals surface area contributed by atoms with E-state index in [-0.39, 0.29) is 23.6 Å². The fraction of sp³-hybridized carbons (Fsp3) is 0.217. The molecule has 1 aliphatic heterocycles. The van der Waals surface area contributed by atoms with Crippen molar-refractivity contribution in [1.82, 2.24) is 14.0 Å². The largest absolute Gasteiger partial charge is 0.337 e. The average molecular weight is 421 g/mol. The number of nitrogens with zero attached hydrogens (tertiary/aromatic N) is 3. The lowest BCUT2D eigenvalue weighted by Crippen LogP contribution is -2.39.